The van der Waals surface area contributed by atoms with E-state index in [1.807, 2.05) is 31.3 Å². The van der Waals surface area contributed by atoms with Crippen LogP contribution in [0.15, 0.2) is 48.8 Å². The first-order valence-corrected chi connectivity index (χ1v) is 8.93. The van der Waals surface area contributed by atoms with Crippen LogP contribution >= 0.6 is 12.4 Å². The molecule has 1 atom stereocenters. The maximum Gasteiger partial charge on any atom is 0.142 e. The van der Waals surface area contributed by atoms with E-state index >= 15 is 0 Å². The molecule has 1 aromatic heterocycles. The van der Waals surface area contributed by atoms with Crippen LogP contribution in [0.25, 0.3) is 0 Å². The topological polar surface area (TPSA) is 37.8 Å². The minimum atomic E-state index is 0. The molecule has 0 spiro atoms. The summed E-state index contributed by atoms with van der Waals surface area (Å²) in [5.74, 6) is 0.943. The lowest BCUT2D eigenvalue weighted by atomic mass is 10.1. The van der Waals surface area contributed by atoms with Crippen LogP contribution in [0.1, 0.15) is 18.6 Å². The molecule has 1 saturated heterocycles. The molecule has 3 rings (SSSR count). The standard InChI is InChI=1S/C20H27N3O2.ClH/c1-3-25-20(17-7-6-10-21-15-17)16-22-11-13-23(14-12-22)18-8-4-5-9-19(18)24-2;/h4-10,15,20H,3,11-14,16H2,1-2H3;1H. The van der Waals surface area contributed by atoms with Gasteiger partial charge >= 0.3 is 0 Å². The number of benzene rings is 1. The van der Waals surface area contributed by atoms with E-state index in [2.05, 4.69) is 33.0 Å². The lowest BCUT2D eigenvalue weighted by Crippen LogP contribution is -2.47. The number of rotatable bonds is 7. The largest absolute Gasteiger partial charge is 0.495 e. The van der Waals surface area contributed by atoms with Crippen LogP contribution in [0.5, 0.6) is 5.75 Å². The molecule has 142 valence electrons. The van der Waals surface area contributed by atoms with Crippen LogP contribution in [-0.4, -0.2) is 56.3 Å². The summed E-state index contributed by atoms with van der Waals surface area (Å²) >= 11 is 0. The summed E-state index contributed by atoms with van der Waals surface area (Å²) in [5, 5.41) is 0. The maximum absolute atomic E-state index is 5.96. The highest BCUT2D eigenvalue weighted by Crippen LogP contribution is 2.28. The summed E-state index contributed by atoms with van der Waals surface area (Å²) in [6.45, 7) is 7.67. The van der Waals surface area contributed by atoms with E-state index < -0.39 is 0 Å². The van der Waals surface area contributed by atoms with Crippen molar-refractivity contribution in [3.8, 4) is 5.75 Å². The molecule has 1 aromatic carbocycles. The molecular weight excluding hydrogens is 350 g/mol. The Morgan fingerprint density at radius 2 is 1.85 bits per heavy atom. The normalized spacial score (nSPS) is 16.0. The van der Waals surface area contributed by atoms with Gasteiger partial charge in [-0.1, -0.05) is 18.2 Å². The number of aromatic nitrogens is 1. The summed E-state index contributed by atoms with van der Waals surface area (Å²) in [4.78, 5) is 9.10. The lowest BCUT2D eigenvalue weighted by Gasteiger charge is -2.38. The van der Waals surface area contributed by atoms with Crippen LogP contribution < -0.4 is 9.64 Å². The van der Waals surface area contributed by atoms with E-state index in [9.17, 15) is 0 Å². The Balaban J connectivity index is 0.00000243. The number of pyridine rings is 1. The van der Waals surface area contributed by atoms with Crippen molar-refractivity contribution in [2.24, 2.45) is 0 Å². The molecule has 5 nitrogen and oxygen atoms in total. The zero-order valence-corrected chi connectivity index (χ0v) is 16.3. The number of ether oxygens (including phenoxy) is 2. The summed E-state index contributed by atoms with van der Waals surface area (Å²) in [7, 11) is 1.73. The molecule has 0 amide bonds. The van der Waals surface area contributed by atoms with Crippen molar-refractivity contribution in [1.29, 1.82) is 0 Å². The molecule has 0 aliphatic carbocycles. The van der Waals surface area contributed by atoms with Gasteiger partial charge in [-0.05, 0) is 25.1 Å². The molecule has 0 radical (unpaired) electrons. The number of anilines is 1. The van der Waals surface area contributed by atoms with E-state index in [0.717, 1.165) is 44.0 Å². The Morgan fingerprint density at radius 1 is 1.08 bits per heavy atom. The highest BCUT2D eigenvalue weighted by atomic mass is 35.5. The molecule has 1 aliphatic rings. The van der Waals surface area contributed by atoms with Crippen LogP contribution in [0.3, 0.4) is 0 Å². The van der Waals surface area contributed by atoms with E-state index in [4.69, 9.17) is 9.47 Å². The van der Waals surface area contributed by atoms with Gasteiger partial charge < -0.3 is 14.4 Å². The van der Waals surface area contributed by atoms with Crippen LogP contribution in [0.4, 0.5) is 5.69 Å². The first-order valence-electron chi connectivity index (χ1n) is 8.93. The van der Waals surface area contributed by atoms with Gasteiger partial charge in [-0.15, -0.1) is 12.4 Å². The summed E-state index contributed by atoms with van der Waals surface area (Å²) in [6.07, 6.45) is 3.79. The van der Waals surface area contributed by atoms with Gasteiger partial charge in [0.25, 0.3) is 0 Å². The average molecular weight is 378 g/mol. The first-order chi connectivity index (χ1) is 12.3. The third kappa shape index (κ3) is 5.10. The summed E-state index contributed by atoms with van der Waals surface area (Å²) in [6, 6.07) is 12.3. The number of piperazine rings is 1. The molecule has 26 heavy (non-hydrogen) atoms. The summed E-state index contributed by atoms with van der Waals surface area (Å²) in [5.41, 5.74) is 2.33. The number of methoxy groups -OCH3 is 1. The number of nitrogens with zero attached hydrogens (tertiary/aromatic N) is 3. The van der Waals surface area contributed by atoms with E-state index in [1.54, 1.807) is 13.3 Å². The van der Waals surface area contributed by atoms with Crippen molar-refractivity contribution < 1.29 is 9.47 Å². The van der Waals surface area contributed by atoms with E-state index in [1.165, 1.54) is 5.69 Å². The second kappa shape index (κ2) is 10.4. The van der Waals surface area contributed by atoms with Gasteiger partial charge in [-0.2, -0.15) is 0 Å². The van der Waals surface area contributed by atoms with Gasteiger partial charge in [0, 0.05) is 57.3 Å². The van der Waals surface area contributed by atoms with Gasteiger partial charge in [-0.3, -0.25) is 9.88 Å². The van der Waals surface area contributed by atoms with E-state index in [-0.39, 0.29) is 18.5 Å². The molecule has 1 unspecified atom stereocenters. The first kappa shape index (κ1) is 20.5. The molecule has 0 N–H and O–H groups in total. The fourth-order valence-electron chi connectivity index (χ4n) is 3.32. The Morgan fingerprint density at radius 3 is 2.50 bits per heavy atom. The average Bonchev–Trinajstić information content (AvgIpc) is 2.69. The Bertz CT molecular complexity index is 649. The molecule has 2 heterocycles. The van der Waals surface area contributed by atoms with Crippen LogP contribution in [-0.2, 0) is 4.74 Å². The Labute approximate surface area is 162 Å². The van der Waals surface area contributed by atoms with Crippen molar-refractivity contribution in [3.05, 3.63) is 54.4 Å². The lowest BCUT2D eigenvalue weighted by molar-refractivity contribution is 0.0309. The predicted molar refractivity (Wildman–Crippen MR) is 107 cm³/mol. The molecule has 1 fully saturated rings. The predicted octanol–water partition coefficient (Wildman–Crippen LogP) is 3.41. The van der Waals surface area contributed by atoms with Crippen molar-refractivity contribution in [2.75, 3.05) is 51.3 Å². The Kier molecular flexibility index (Phi) is 8.16. The van der Waals surface area contributed by atoms with E-state index in [0.29, 0.717) is 6.61 Å². The number of hydrogen-bond donors (Lipinski definition) is 0. The fraction of sp³-hybridized carbons (Fsp3) is 0.450. The van der Waals surface area contributed by atoms with Crippen molar-refractivity contribution in [2.45, 2.75) is 13.0 Å². The monoisotopic (exact) mass is 377 g/mol. The van der Waals surface area contributed by atoms with Gasteiger partial charge in [0.15, 0.2) is 0 Å². The minimum absolute atomic E-state index is 0. The zero-order chi connectivity index (χ0) is 17.5. The second-order valence-corrected chi connectivity index (χ2v) is 6.19. The second-order valence-electron chi connectivity index (χ2n) is 6.19. The molecule has 6 heteroatoms. The quantitative estimate of drug-likeness (QED) is 0.739. The third-order valence-corrected chi connectivity index (χ3v) is 4.65. The van der Waals surface area contributed by atoms with Crippen molar-refractivity contribution in [3.63, 3.8) is 0 Å². The summed E-state index contributed by atoms with van der Waals surface area (Å²) < 4.78 is 11.5. The number of hydrogen-bond acceptors (Lipinski definition) is 5. The maximum atomic E-state index is 5.96. The smallest absolute Gasteiger partial charge is 0.142 e. The van der Waals surface area contributed by atoms with Crippen molar-refractivity contribution in [1.82, 2.24) is 9.88 Å². The van der Waals surface area contributed by atoms with Gasteiger partial charge in [0.2, 0.25) is 0 Å². The minimum Gasteiger partial charge on any atom is -0.495 e. The van der Waals surface area contributed by atoms with Crippen LogP contribution in [0, 0.1) is 0 Å². The number of para-hydroxylation sites is 2. The SMILES string of the molecule is CCOC(CN1CCN(c2ccccc2OC)CC1)c1cccnc1.Cl. The van der Waals surface area contributed by atoms with Gasteiger partial charge in [0.05, 0.1) is 18.9 Å². The highest BCUT2D eigenvalue weighted by molar-refractivity contribution is 5.85. The van der Waals surface area contributed by atoms with Crippen LogP contribution in [0.2, 0.25) is 0 Å². The number of halogens is 1. The highest BCUT2D eigenvalue weighted by Gasteiger charge is 2.23. The molecule has 0 bridgehead atoms. The molecule has 2 aromatic rings. The molecule has 0 saturated carbocycles. The fourth-order valence-corrected chi connectivity index (χ4v) is 3.32. The third-order valence-electron chi connectivity index (χ3n) is 4.65. The van der Waals surface area contributed by atoms with Crippen molar-refractivity contribution >= 4 is 18.1 Å². The zero-order valence-electron chi connectivity index (χ0n) is 15.5. The van der Waals surface area contributed by atoms with Gasteiger partial charge in [-0.25, -0.2) is 0 Å². The van der Waals surface area contributed by atoms with Gasteiger partial charge in [0.1, 0.15) is 5.75 Å². The Hall–Kier alpha value is -1.82. The molecular formula is C20H28ClN3O2. The molecule has 1 aliphatic heterocycles.